The van der Waals surface area contributed by atoms with Gasteiger partial charge in [-0.05, 0) is 53.6 Å². The molecule has 2 saturated carbocycles. The number of ether oxygens (including phenoxy) is 2. The minimum absolute atomic E-state index is 0.0672. The van der Waals surface area contributed by atoms with Crippen molar-refractivity contribution in [3.05, 3.63) is 23.8 Å². The second-order valence-electron chi connectivity index (χ2n) is 12.6. The predicted octanol–water partition coefficient (Wildman–Crippen LogP) is 4.22. The molecule has 0 aromatic heterocycles. The Kier molecular flexibility index (Phi) is 4.94. The average molecular weight is 469 g/mol. The Morgan fingerprint density at radius 2 is 1.79 bits per heavy atom. The molecule has 0 aromatic carbocycles. The zero-order valence-corrected chi connectivity index (χ0v) is 21.1. The summed E-state index contributed by atoms with van der Waals surface area (Å²) in [7, 11) is 0. The van der Waals surface area contributed by atoms with E-state index in [0.29, 0.717) is 19.4 Å². The zero-order valence-electron chi connectivity index (χ0n) is 21.1. The van der Waals surface area contributed by atoms with Crippen molar-refractivity contribution in [2.75, 3.05) is 6.61 Å². The number of allylic oxidation sites excluding steroid dienone is 4. The van der Waals surface area contributed by atoms with Crippen molar-refractivity contribution in [3.8, 4) is 0 Å². The molecule has 0 amide bonds. The third-order valence-corrected chi connectivity index (χ3v) is 10.3. The van der Waals surface area contributed by atoms with Crippen molar-refractivity contribution in [2.24, 2.45) is 45.3 Å². The van der Waals surface area contributed by atoms with Gasteiger partial charge in [-0.15, -0.1) is 0 Å². The monoisotopic (exact) mass is 468 g/mol. The Balaban J connectivity index is 1.61. The molecule has 0 N–H and O–H groups in total. The first-order valence-corrected chi connectivity index (χ1v) is 12.6. The maximum Gasteiger partial charge on any atom is 0.306 e. The van der Waals surface area contributed by atoms with E-state index in [0.717, 1.165) is 18.4 Å². The lowest BCUT2D eigenvalue weighted by atomic mass is 9.38. The molecule has 0 aromatic rings. The van der Waals surface area contributed by atoms with Crippen molar-refractivity contribution in [1.82, 2.24) is 0 Å². The summed E-state index contributed by atoms with van der Waals surface area (Å²) in [5.41, 5.74) is -0.608. The van der Waals surface area contributed by atoms with E-state index >= 15 is 0 Å². The number of hydrogen-bond donors (Lipinski definition) is 0. The van der Waals surface area contributed by atoms with Crippen molar-refractivity contribution >= 4 is 23.5 Å². The smallest absolute Gasteiger partial charge is 0.306 e. The quantitative estimate of drug-likeness (QED) is 0.564. The van der Waals surface area contributed by atoms with Crippen LogP contribution < -0.4 is 0 Å². The lowest BCUT2D eigenvalue weighted by Crippen LogP contribution is -2.64. The Bertz CT molecular complexity index is 1050. The second kappa shape index (κ2) is 7.14. The number of fused-ring (bicyclic) bond motifs is 5. The molecule has 1 saturated heterocycles. The van der Waals surface area contributed by atoms with Crippen molar-refractivity contribution < 1.29 is 28.7 Å². The van der Waals surface area contributed by atoms with Crippen LogP contribution in [-0.2, 0) is 28.7 Å². The fourth-order valence-electron chi connectivity index (χ4n) is 9.25. The Labute approximate surface area is 201 Å². The summed E-state index contributed by atoms with van der Waals surface area (Å²) < 4.78 is 11.2. The van der Waals surface area contributed by atoms with Gasteiger partial charge in [-0.2, -0.15) is 0 Å². The first kappa shape index (κ1) is 23.5. The molecule has 1 unspecified atom stereocenters. The van der Waals surface area contributed by atoms with E-state index in [-0.39, 0.29) is 63.4 Å². The van der Waals surface area contributed by atoms with Crippen LogP contribution in [-0.4, -0.2) is 36.2 Å². The molecule has 1 aliphatic heterocycles. The molecule has 34 heavy (non-hydrogen) atoms. The van der Waals surface area contributed by atoms with E-state index in [1.54, 1.807) is 6.08 Å². The highest BCUT2D eigenvalue weighted by Crippen LogP contribution is 2.72. The summed E-state index contributed by atoms with van der Waals surface area (Å²) in [6, 6.07) is 0. The third kappa shape index (κ3) is 2.92. The Hall–Kier alpha value is -2.24. The Morgan fingerprint density at radius 1 is 1.09 bits per heavy atom. The topological polar surface area (TPSA) is 86.7 Å². The van der Waals surface area contributed by atoms with Crippen LogP contribution in [0, 0.1) is 45.3 Å². The molecule has 6 heteroatoms. The molecule has 0 radical (unpaired) electrons. The van der Waals surface area contributed by atoms with Crippen molar-refractivity contribution in [3.63, 3.8) is 0 Å². The van der Waals surface area contributed by atoms with Crippen LogP contribution >= 0.6 is 0 Å². The molecule has 4 aliphatic carbocycles. The van der Waals surface area contributed by atoms with Gasteiger partial charge in [0.05, 0.1) is 13.0 Å². The summed E-state index contributed by atoms with van der Waals surface area (Å²) in [6.45, 7) is 12.3. The van der Waals surface area contributed by atoms with Gasteiger partial charge < -0.3 is 9.47 Å². The van der Waals surface area contributed by atoms with Crippen LogP contribution in [0.4, 0.5) is 0 Å². The molecule has 8 atom stereocenters. The third-order valence-electron chi connectivity index (χ3n) is 10.3. The molecule has 5 rings (SSSR count). The van der Waals surface area contributed by atoms with E-state index in [4.69, 9.17) is 9.47 Å². The predicted molar refractivity (Wildman–Crippen MR) is 124 cm³/mol. The van der Waals surface area contributed by atoms with Crippen LogP contribution in [0.3, 0.4) is 0 Å². The number of rotatable bonds is 2. The van der Waals surface area contributed by atoms with Gasteiger partial charge in [0.25, 0.3) is 0 Å². The maximum atomic E-state index is 13.4. The summed E-state index contributed by atoms with van der Waals surface area (Å²) in [4.78, 5) is 50.5. The van der Waals surface area contributed by atoms with E-state index in [1.165, 1.54) is 6.92 Å². The Morgan fingerprint density at radius 3 is 2.41 bits per heavy atom. The molecule has 6 nitrogen and oxygen atoms in total. The number of cyclic esters (lactones) is 1. The maximum absolute atomic E-state index is 13.4. The van der Waals surface area contributed by atoms with Crippen LogP contribution in [0.5, 0.6) is 0 Å². The van der Waals surface area contributed by atoms with E-state index in [1.807, 2.05) is 19.9 Å². The van der Waals surface area contributed by atoms with Gasteiger partial charge in [0.1, 0.15) is 6.10 Å². The van der Waals surface area contributed by atoms with Gasteiger partial charge in [0.15, 0.2) is 11.6 Å². The molecule has 184 valence electrons. The number of hydrogen-bond acceptors (Lipinski definition) is 6. The summed E-state index contributed by atoms with van der Waals surface area (Å²) in [6.07, 6.45) is 7.83. The highest BCUT2D eigenvalue weighted by atomic mass is 16.5. The lowest BCUT2D eigenvalue weighted by Gasteiger charge is -2.66. The number of ketones is 2. The van der Waals surface area contributed by atoms with Crippen LogP contribution in [0.25, 0.3) is 0 Å². The normalized spacial score (nSPS) is 46.8. The van der Waals surface area contributed by atoms with E-state index < -0.39 is 11.5 Å². The van der Waals surface area contributed by atoms with Gasteiger partial charge in [0, 0.05) is 30.1 Å². The van der Waals surface area contributed by atoms with Gasteiger partial charge in [-0.3, -0.25) is 19.2 Å². The van der Waals surface area contributed by atoms with Crippen molar-refractivity contribution in [2.45, 2.75) is 73.3 Å². The summed E-state index contributed by atoms with van der Waals surface area (Å²) in [5.74, 6) is -0.707. The minimum atomic E-state index is -0.657. The van der Waals surface area contributed by atoms with Gasteiger partial charge >= 0.3 is 11.9 Å². The molecule has 1 heterocycles. The largest absolute Gasteiger partial charge is 0.465 e. The highest BCUT2D eigenvalue weighted by molar-refractivity contribution is 5.98. The van der Waals surface area contributed by atoms with Gasteiger partial charge in [-0.25, -0.2) is 0 Å². The molecular formula is C28H36O6. The van der Waals surface area contributed by atoms with E-state index in [2.05, 4.69) is 26.8 Å². The second-order valence-corrected chi connectivity index (χ2v) is 12.6. The number of carbonyl (C=O) groups excluding carboxylic acids is 4. The fraction of sp³-hybridized carbons (Fsp3) is 0.714. The molecule has 0 bridgehead atoms. The van der Waals surface area contributed by atoms with Gasteiger partial charge in [0.2, 0.25) is 0 Å². The summed E-state index contributed by atoms with van der Waals surface area (Å²) in [5, 5.41) is 0. The highest BCUT2D eigenvalue weighted by Gasteiger charge is 2.69. The number of esters is 2. The van der Waals surface area contributed by atoms with Gasteiger partial charge in [-0.1, -0.05) is 46.3 Å². The molecule has 0 spiro atoms. The van der Waals surface area contributed by atoms with Crippen LogP contribution in [0.2, 0.25) is 0 Å². The summed E-state index contributed by atoms with van der Waals surface area (Å²) >= 11 is 0. The fourth-order valence-corrected chi connectivity index (χ4v) is 9.25. The minimum Gasteiger partial charge on any atom is -0.465 e. The average Bonchev–Trinajstić information content (AvgIpc) is 3.24. The van der Waals surface area contributed by atoms with Crippen molar-refractivity contribution in [1.29, 1.82) is 0 Å². The zero-order chi connectivity index (χ0) is 24.8. The number of carbonyl (C=O) groups is 4. The SMILES string of the molecule is CC(=O)O[C@H]1C[C@@]2(C)C3=CC(=O)[C@@H](C4COC(=O)C4)[C@]3(C)CC[C@@H]2[C@@]2(C)C=CC(=O)C(C)(C)[C@H]12. The molecule has 3 fully saturated rings. The molecular weight excluding hydrogens is 432 g/mol. The molecule has 5 aliphatic rings. The lowest BCUT2D eigenvalue weighted by molar-refractivity contribution is -0.188. The first-order valence-electron chi connectivity index (χ1n) is 12.6. The van der Waals surface area contributed by atoms with Crippen LogP contribution in [0.15, 0.2) is 23.8 Å². The van der Waals surface area contributed by atoms with Crippen LogP contribution in [0.1, 0.15) is 67.2 Å². The standard InChI is InChI=1S/C28H36O6/c1-15(29)34-18-13-28(6)19(27(5)10-8-21(31)25(2,3)24(18)27)7-9-26(4)20(28)12-17(30)23(26)16-11-22(32)33-14-16/h8,10,12,16,18-19,23-24H,7,9,11,13-14H2,1-6H3/t16?,18-,19+,23+,24-,26+,27+,28+/m0/s1. The first-order chi connectivity index (χ1) is 15.7. The van der Waals surface area contributed by atoms with E-state index in [9.17, 15) is 19.2 Å².